The summed E-state index contributed by atoms with van der Waals surface area (Å²) in [6.07, 6.45) is 5.67. The molecule has 3 unspecified atom stereocenters. The smallest absolute Gasteiger partial charge is 0.155 e. The average molecular weight is 206 g/mol. The Hall–Kier alpha value is -0.850. The van der Waals surface area contributed by atoms with Gasteiger partial charge >= 0.3 is 0 Å². The van der Waals surface area contributed by atoms with Gasteiger partial charge in [0.1, 0.15) is 0 Å². The third-order valence-electron chi connectivity index (χ3n) is 3.45. The van der Waals surface area contributed by atoms with Gasteiger partial charge in [-0.15, -0.1) is 0 Å². The molecule has 0 bridgehead atoms. The first-order chi connectivity index (χ1) is 6.91. The number of hydrogen-bond donors (Lipinski definition) is 0. The summed E-state index contributed by atoms with van der Waals surface area (Å²) in [6, 6.07) is 0. The molecule has 0 saturated carbocycles. The predicted molar refractivity (Wildman–Crippen MR) is 64.6 cm³/mol. The van der Waals surface area contributed by atoms with Crippen LogP contribution in [0, 0.1) is 17.8 Å². The highest BCUT2D eigenvalue weighted by Gasteiger charge is 2.25. The van der Waals surface area contributed by atoms with E-state index in [-0.39, 0.29) is 5.78 Å². The molecule has 1 aliphatic carbocycles. The summed E-state index contributed by atoms with van der Waals surface area (Å²) in [5.74, 6) is 1.93. The molecule has 1 aliphatic rings. The fourth-order valence-electron chi connectivity index (χ4n) is 2.51. The highest BCUT2D eigenvalue weighted by Crippen LogP contribution is 2.34. The lowest BCUT2D eigenvalue weighted by Gasteiger charge is -2.31. The molecule has 0 heterocycles. The van der Waals surface area contributed by atoms with Gasteiger partial charge in [0.15, 0.2) is 5.78 Å². The zero-order valence-corrected chi connectivity index (χ0v) is 10.5. The lowest BCUT2D eigenvalue weighted by atomic mass is 9.74. The molecule has 0 saturated heterocycles. The molecule has 3 atom stereocenters. The zero-order chi connectivity index (χ0) is 11.6. The standard InChI is InChI=1S/C14H22O/c1-9-6-11(3)14(12(4)7-9)8-10(2)13(5)15/h6,8,11-12,14H,7H2,1-5H3/b10-8+. The molecule has 1 rings (SSSR count). The van der Waals surface area contributed by atoms with Gasteiger partial charge in [0, 0.05) is 0 Å². The van der Waals surface area contributed by atoms with Crippen LogP contribution in [0.2, 0.25) is 0 Å². The maximum atomic E-state index is 11.2. The molecule has 0 aromatic carbocycles. The molecule has 0 aromatic rings. The van der Waals surface area contributed by atoms with Crippen LogP contribution in [0.4, 0.5) is 0 Å². The van der Waals surface area contributed by atoms with Gasteiger partial charge in [-0.05, 0) is 50.5 Å². The summed E-state index contributed by atoms with van der Waals surface area (Å²) < 4.78 is 0. The monoisotopic (exact) mass is 206 g/mol. The molecule has 0 spiro atoms. The van der Waals surface area contributed by atoms with Crippen molar-refractivity contribution in [3.05, 3.63) is 23.3 Å². The van der Waals surface area contributed by atoms with E-state index in [1.807, 2.05) is 6.92 Å². The van der Waals surface area contributed by atoms with Gasteiger partial charge in [-0.25, -0.2) is 0 Å². The van der Waals surface area contributed by atoms with Gasteiger partial charge in [0.25, 0.3) is 0 Å². The number of carbonyl (C=O) groups excluding carboxylic acids is 1. The van der Waals surface area contributed by atoms with E-state index in [1.165, 1.54) is 5.57 Å². The minimum atomic E-state index is 0.195. The molecule has 0 N–H and O–H groups in total. The van der Waals surface area contributed by atoms with E-state index in [0.29, 0.717) is 17.8 Å². The van der Waals surface area contributed by atoms with Crippen molar-refractivity contribution >= 4 is 5.78 Å². The number of Topliss-reactive ketones (excluding diaryl/α,β-unsaturated/α-hetero) is 1. The van der Waals surface area contributed by atoms with Crippen LogP contribution in [0.3, 0.4) is 0 Å². The first kappa shape index (κ1) is 12.2. The van der Waals surface area contributed by atoms with Gasteiger partial charge in [-0.1, -0.05) is 31.6 Å². The molecule has 0 radical (unpaired) electrons. The first-order valence-electron chi connectivity index (χ1n) is 5.78. The van der Waals surface area contributed by atoms with Crippen molar-refractivity contribution in [1.82, 2.24) is 0 Å². The van der Waals surface area contributed by atoms with E-state index in [9.17, 15) is 4.79 Å². The second-order valence-corrected chi connectivity index (χ2v) is 5.04. The Bertz CT molecular complexity index is 309. The topological polar surface area (TPSA) is 17.1 Å². The van der Waals surface area contributed by atoms with Gasteiger partial charge in [-0.3, -0.25) is 4.79 Å². The molecule has 1 nitrogen and oxygen atoms in total. The van der Waals surface area contributed by atoms with Crippen LogP contribution < -0.4 is 0 Å². The second-order valence-electron chi connectivity index (χ2n) is 5.04. The van der Waals surface area contributed by atoms with Crippen molar-refractivity contribution in [3.8, 4) is 0 Å². The van der Waals surface area contributed by atoms with Crippen LogP contribution in [0.5, 0.6) is 0 Å². The van der Waals surface area contributed by atoms with Gasteiger partial charge < -0.3 is 0 Å². The van der Waals surface area contributed by atoms with Gasteiger partial charge in [0.2, 0.25) is 0 Å². The Morgan fingerprint density at radius 1 is 1.40 bits per heavy atom. The molecule has 0 amide bonds. The summed E-state index contributed by atoms with van der Waals surface area (Å²) in [7, 11) is 0. The van der Waals surface area contributed by atoms with Crippen LogP contribution in [0.1, 0.15) is 41.0 Å². The summed E-state index contributed by atoms with van der Waals surface area (Å²) in [6.45, 7) is 10.3. The molecule has 0 aliphatic heterocycles. The third kappa shape index (κ3) is 3.05. The van der Waals surface area contributed by atoms with Crippen LogP contribution in [-0.2, 0) is 4.79 Å². The fourth-order valence-corrected chi connectivity index (χ4v) is 2.51. The van der Waals surface area contributed by atoms with E-state index in [4.69, 9.17) is 0 Å². The van der Waals surface area contributed by atoms with Crippen molar-refractivity contribution in [2.75, 3.05) is 0 Å². The number of rotatable bonds is 2. The number of ketones is 1. The third-order valence-corrected chi connectivity index (χ3v) is 3.45. The first-order valence-corrected chi connectivity index (χ1v) is 5.78. The summed E-state index contributed by atoms with van der Waals surface area (Å²) >= 11 is 0. The highest BCUT2D eigenvalue weighted by atomic mass is 16.1. The average Bonchev–Trinajstić information content (AvgIpc) is 2.10. The van der Waals surface area contributed by atoms with Crippen molar-refractivity contribution in [2.24, 2.45) is 17.8 Å². The van der Waals surface area contributed by atoms with Crippen LogP contribution >= 0.6 is 0 Å². The van der Waals surface area contributed by atoms with Gasteiger partial charge in [-0.2, -0.15) is 0 Å². The van der Waals surface area contributed by atoms with E-state index < -0.39 is 0 Å². The van der Waals surface area contributed by atoms with E-state index >= 15 is 0 Å². The van der Waals surface area contributed by atoms with Crippen LogP contribution in [0.25, 0.3) is 0 Å². The predicted octanol–water partition coefficient (Wildman–Crippen LogP) is 3.76. The van der Waals surface area contributed by atoms with Crippen molar-refractivity contribution < 1.29 is 4.79 Å². The maximum absolute atomic E-state index is 11.2. The van der Waals surface area contributed by atoms with E-state index in [0.717, 1.165) is 12.0 Å². The number of hydrogen-bond acceptors (Lipinski definition) is 1. The maximum Gasteiger partial charge on any atom is 0.155 e. The van der Waals surface area contributed by atoms with Gasteiger partial charge in [0.05, 0.1) is 0 Å². The number of carbonyl (C=O) groups is 1. The molecule has 0 aromatic heterocycles. The Morgan fingerprint density at radius 2 is 2.00 bits per heavy atom. The Balaban J connectivity index is 2.87. The Morgan fingerprint density at radius 3 is 2.47 bits per heavy atom. The normalized spacial score (nSPS) is 32.5. The lowest BCUT2D eigenvalue weighted by molar-refractivity contribution is -0.113. The van der Waals surface area contributed by atoms with Crippen molar-refractivity contribution in [3.63, 3.8) is 0 Å². The molecular weight excluding hydrogens is 184 g/mol. The van der Waals surface area contributed by atoms with Crippen molar-refractivity contribution in [2.45, 2.75) is 41.0 Å². The molecule has 0 fully saturated rings. The summed E-state index contributed by atoms with van der Waals surface area (Å²) in [4.78, 5) is 11.2. The summed E-state index contributed by atoms with van der Waals surface area (Å²) in [5, 5.41) is 0. The second kappa shape index (κ2) is 4.78. The van der Waals surface area contributed by atoms with E-state index in [1.54, 1.807) is 6.92 Å². The molecule has 1 heteroatoms. The highest BCUT2D eigenvalue weighted by molar-refractivity contribution is 5.92. The summed E-state index contributed by atoms with van der Waals surface area (Å²) in [5.41, 5.74) is 2.40. The Labute approximate surface area is 93.3 Å². The Kier molecular flexibility index (Phi) is 3.90. The minimum Gasteiger partial charge on any atom is -0.295 e. The van der Waals surface area contributed by atoms with Crippen LogP contribution in [0.15, 0.2) is 23.3 Å². The SMILES string of the molecule is CC(=O)/C(C)=C/C1C(C)C=C(C)CC1C. The van der Waals surface area contributed by atoms with Crippen LogP contribution in [-0.4, -0.2) is 5.78 Å². The fraction of sp³-hybridized carbons (Fsp3) is 0.643. The molecule has 84 valence electrons. The van der Waals surface area contributed by atoms with Crippen molar-refractivity contribution in [1.29, 1.82) is 0 Å². The lowest BCUT2D eigenvalue weighted by Crippen LogP contribution is -2.22. The quantitative estimate of drug-likeness (QED) is 0.496. The minimum absolute atomic E-state index is 0.195. The molecular formula is C14H22O. The van der Waals surface area contributed by atoms with E-state index in [2.05, 4.69) is 32.9 Å². The number of allylic oxidation sites excluding steroid dienone is 4. The molecule has 15 heavy (non-hydrogen) atoms. The largest absolute Gasteiger partial charge is 0.295 e. The zero-order valence-electron chi connectivity index (χ0n) is 10.5.